The predicted molar refractivity (Wildman–Crippen MR) is 139 cm³/mol. The number of carbonyl (C=O) groups is 2. The molecule has 2 amide bonds. The molecule has 3 rings (SSSR count). The standard InChI is InChI=1S/C24H27N3O4S3/c1-16(2)34(30,31)19-11-7-10-18(14-19)22(28)25-20(12-13-32-3)23(29)27-24-26-21(15-33-24)17-8-5-4-6-9-17/h4-11,14-16,20H,12-13H2,1-3H3,(H,25,28)(H,26,27,29)/t20-/m0/s1. The number of sulfone groups is 1. The summed E-state index contributed by atoms with van der Waals surface area (Å²) in [6.45, 7) is 3.18. The molecule has 1 heterocycles. The third-order valence-electron chi connectivity index (χ3n) is 5.08. The van der Waals surface area contributed by atoms with E-state index in [1.165, 1.54) is 35.6 Å². The van der Waals surface area contributed by atoms with Gasteiger partial charge in [0.2, 0.25) is 5.91 Å². The van der Waals surface area contributed by atoms with Crippen molar-refractivity contribution in [2.24, 2.45) is 0 Å². The van der Waals surface area contributed by atoms with E-state index in [0.717, 1.165) is 11.3 Å². The normalized spacial score (nSPS) is 12.4. The van der Waals surface area contributed by atoms with Gasteiger partial charge in [0.15, 0.2) is 15.0 Å². The number of amides is 2. The number of thioether (sulfide) groups is 1. The van der Waals surface area contributed by atoms with Crippen LogP contribution in [0.15, 0.2) is 64.9 Å². The molecule has 7 nitrogen and oxygen atoms in total. The first-order valence-corrected chi connectivity index (χ1v) is 14.5. The fourth-order valence-electron chi connectivity index (χ4n) is 3.10. The van der Waals surface area contributed by atoms with Gasteiger partial charge in [-0.25, -0.2) is 13.4 Å². The van der Waals surface area contributed by atoms with Crippen LogP contribution in [0.5, 0.6) is 0 Å². The molecule has 34 heavy (non-hydrogen) atoms. The highest BCUT2D eigenvalue weighted by atomic mass is 32.2. The van der Waals surface area contributed by atoms with E-state index in [2.05, 4.69) is 15.6 Å². The minimum absolute atomic E-state index is 0.0801. The molecule has 10 heteroatoms. The van der Waals surface area contributed by atoms with Crippen LogP contribution in [0, 0.1) is 0 Å². The first kappa shape index (κ1) is 25.9. The Morgan fingerprint density at radius 3 is 2.50 bits per heavy atom. The van der Waals surface area contributed by atoms with Crippen molar-refractivity contribution in [3.63, 3.8) is 0 Å². The van der Waals surface area contributed by atoms with Gasteiger partial charge in [-0.2, -0.15) is 11.8 Å². The summed E-state index contributed by atoms with van der Waals surface area (Å²) < 4.78 is 25.0. The van der Waals surface area contributed by atoms with Gasteiger partial charge in [-0.1, -0.05) is 36.4 Å². The number of benzene rings is 2. The highest BCUT2D eigenvalue weighted by Gasteiger charge is 2.24. The lowest BCUT2D eigenvalue weighted by Gasteiger charge is -2.18. The summed E-state index contributed by atoms with van der Waals surface area (Å²) in [7, 11) is -3.52. The molecule has 0 aliphatic carbocycles. The Hall–Kier alpha value is -2.69. The zero-order valence-corrected chi connectivity index (χ0v) is 21.6. The quantitative estimate of drug-likeness (QED) is 0.411. The van der Waals surface area contributed by atoms with Gasteiger partial charge in [-0.05, 0) is 50.5 Å². The smallest absolute Gasteiger partial charge is 0.251 e. The van der Waals surface area contributed by atoms with Crippen molar-refractivity contribution in [2.75, 3.05) is 17.3 Å². The first-order valence-electron chi connectivity index (χ1n) is 10.7. The van der Waals surface area contributed by atoms with Crippen LogP contribution < -0.4 is 10.6 Å². The lowest BCUT2D eigenvalue weighted by atomic mass is 10.1. The summed E-state index contributed by atoms with van der Waals surface area (Å²) in [6.07, 6.45) is 2.34. The van der Waals surface area contributed by atoms with E-state index in [1.807, 2.05) is 42.0 Å². The molecule has 3 aromatic rings. The lowest BCUT2D eigenvalue weighted by molar-refractivity contribution is -0.118. The van der Waals surface area contributed by atoms with Gasteiger partial charge in [0.25, 0.3) is 5.91 Å². The van der Waals surface area contributed by atoms with E-state index in [9.17, 15) is 18.0 Å². The largest absolute Gasteiger partial charge is 0.340 e. The van der Waals surface area contributed by atoms with Crippen LogP contribution in [-0.4, -0.2) is 48.5 Å². The van der Waals surface area contributed by atoms with Crippen LogP contribution in [0.1, 0.15) is 30.6 Å². The van der Waals surface area contributed by atoms with Gasteiger partial charge >= 0.3 is 0 Å². The maximum absolute atomic E-state index is 13.0. The molecular weight excluding hydrogens is 490 g/mol. The molecule has 1 atom stereocenters. The third kappa shape index (κ3) is 6.46. The van der Waals surface area contributed by atoms with Crippen molar-refractivity contribution in [1.82, 2.24) is 10.3 Å². The van der Waals surface area contributed by atoms with Crippen LogP contribution in [0.4, 0.5) is 5.13 Å². The maximum atomic E-state index is 13.0. The molecule has 0 saturated carbocycles. The van der Waals surface area contributed by atoms with Crippen LogP contribution in [0.25, 0.3) is 11.3 Å². The Bertz CT molecular complexity index is 1240. The van der Waals surface area contributed by atoms with Crippen LogP contribution in [0.3, 0.4) is 0 Å². The molecule has 2 N–H and O–H groups in total. The number of rotatable bonds is 10. The fourth-order valence-corrected chi connectivity index (χ4v) is 5.40. The Morgan fingerprint density at radius 2 is 1.82 bits per heavy atom. The fraction of sp³-hybridized carbons (Fsp3) is 0.292. The van der Waals surface area contributed by atoms with E-state index >= 15 is 0 Å². The van der Waals surface area contributed by atoms with Gasteiger partial charge in [-0.15, -0.1) is 11.3 Å². The summed E-state index contributed by atoms with van der Waals surface area (Å²) in [5, 5.41) is 7.25. The molecule has 2 aromatic carbocycles. The van der Waals surface area contributed by atoms with Crippen LogP contribution in [0.2, 0.25) is 0 Å². The summed E-state index contributed by atoms with van der Waals surface area (Å²) in [4.78, 5) is 30.4. The van der Waals surface area contributed by atoms with Crippen molar-refractivity contribution < 1.29 is 18.0 Å². The Balaban J connectivity index is 1.74. The van der Waals surface area contributed by atoms with Crippen molar-refractivity contribution in [2.45, 2.75) is 36.5 Å². The number of carbonyl (C=O) groups excluding carboxylic acids is 2. The van der Waals surface area contributed by atoms with Crippen molar-refractivity contribution in [3.05, 3.63) is 65.5 Å². The number of anilines is 1. The molecular formula is C24H27N3O4S3. The van der Waals surface area contributed by atoms with Gasteiger partial charge in [0, 0.05) is 16.5 Å². The minimum Gasteiger partial charge on any atom is -0.340 e. The lowest BCUT2D eigenvalue weighted by Crippen LogP contribution is -2.44. The Labute approximate surface area is 208 Å². The third-order valence-corrected chi connectivity index (χ3v) is 8.64. The van der Waals surface area contributed by atoms with Gasteiger partial charge in [0.1, 0.15) is 6.04 Å². The second-order valence-corrected chi connectivity index (χ2v) is 12.2. The van der Waals surface area contributed by atoms with Gasteiger partial charge in [0.05, 0.1) is 15.8 Å². The van der Waals surface area contributed by atoms with Crippen molar-refractivity contribution >= 4 is 49.9 Å². The molecule has 0 bridgehead atoms. The molecule has 0 fully saturated rings. The predicted octanol–water partition coefficient (Wildman–Crippen LogP) is 4.48. The molecule has 0 saturated heterocycles. The summed E-state index contributed by atoms with van der Waals surface area (Å²) in [5.41, 5.74) is 1.89. The van der Waals surface area contributed by atoms with Crippen LogP contribution >= 0.6 is 23.1 Å². The first-order chi connectivity index (χ1) is 16.2. The molecule has 180 valence electrons. The van der Waals surface area contributed by atoms with E-state index < -0.39 is 27.0 Å². The minimum atomic E-state index is -3.52. The Morgan fingerprint density at radius 1 is 1.09 bits per heavy atom. The second kappa shape index (κ2) is 11.6. The van der Waals surface area contributed by atoms with E-state index in [4.69, 9.17) is 0 Å². The van der Waals surface area contributed by atoms with Gasteiger partial charge < -0.3 is 10.6 Å². The average molecular weight is 518 g/mol. The zero-order chi connectivity index (χ0) is 24.7. The molecule has 0 spiro atoms. The van der Waals surface area contributed by atoms with Gasteiger partial charge in [-0.3, -0.25) is 9.59 Å². The van der Waals surface area contributed by atoms with Crippen LogP contribution in [-0.2, 0) is 14.6 Å². The number of nitrogens with one attached hydrogen (secondary N) is 2. The van der Waals surface area contributed by atoms with Crippen molar-refractivity contribution in [3.8, 4) is 11.3 Å². The molecule has 0 unspecified atom stereocenters. The zero-order valence-electron chi connectivity index (χ0n) is 19.1. The average Bonchev–Trinajstić information content (AvgIpc) is 3.30. The SMILES string of the molecule is CSCC[C@H](NC(=O)c1cccc(S(=O)(=O)C(C)C)c1)C(=O)Nc1nc(-c2ccccc2)cs1. The van der Waals surface area contributed by atoms with E-state index in [1.54, 1.807) is 25.6 Å². The highest BCUT2D eigenvalue weighted by molar-refractivity contribution is 7.98. The molecule has 1 aromatic heterocycles. The highest BCUT2D eigenvalue weighted by Crippen LogP contribution is 2.25. The summed E-state index contributed by atoms with van der Waals surface area (Å²) >= 11 is 2.87. The van der Waals surface area contributed by atoms with E-state index in [0.29, 0.717) is 17.3 Å². The van der Waals surface area contributed by atoms with Crippen molar-refractivity contribution in [1.29, 1.82) is 0 Å². The number of nitrogens with zero attached hydrogens (tertiary/aromatic N) is 1. The molecule has 0 radical (unpaired) electrons. The summed E-state index contributed by atoms with van der Waals surface area (Å²) in [5.74, 6) is -0.221. The van der Waals surface area contributed by atoms with E-state index in [-0.39, 0.29) is 16.4 Å². The second-order valence-electron chi connectivity index (χ2n) is 7.82. The maximum Gasteiger partial charge on any atom is 0.251 e. The number of aromatic nitrogens is 1. The summed E-state index contributed by atoms with van der Waals surface area (Å²) in [6, 6.07) is 14.7. The number of hydrogen-bond acceptors (Lipinski definition) is 7. The number of thiazole rings is 1. The topological polar surface area (TPSA) is 105 Å². The molecule has 0 aliphatic rings. The Kier molecular flexibility index (Phi) is 8.87. The monoisotopic (exact) mass is 517 g/mol. The number of hydrogen-bond donors (Lipinski definition) is 2. The molecule has 0 aliphatic heterocycles.